The minimum absolute atomic E-state index is 0.221. The lowest BCUT2D eigenvalue weighted by Crippen LogP contribution is -2.37. The zero-order chi connectivity index (χ0) is 31.5. The molecule has 0 amide bonds. The van der Waals surface area contributed by atoms with Gasteiger partial charge < -0.3 is 9.47 Å². The van der Waals surface area contributed by atoms with Crippen LogP contribution in [0.2, 0.25) is 0 Å². The lowest BCUT2D eigenvalue weighted by Gasteiger charge is -2.27. The van der Waals surface area contributed by atoms with E-state index >= 15 is 0 Å². The van der Waals surface area contributed by atoms with Gasteiger partial charge in [-0.1, -0.05) is 70.6 Å². The number of hydrogen-bond acceptors (Lipinski definition) is 5. The van der Waals surface area contributed by atoms with Gasteiger partial charge in [-0.2, -0.15) is 13.2 Å². The summed E-state index contributed by atoms with van der Waals surface area (Å²) in [5.41, 5.74) is 3.28. The van der Waals surface area contributed by atoms with Crippen LogP contribution in [-0.2, 0) is 28.8 Å². The molecule has 1 heterocycles. The molecule has 44 heavy (non-hydrogen) atoms. The SMILES string of the molecule is CCCCCCCCc1ccc(-c2ccc(C(=O)Oc3ccc4c(c3)CCC(C(=O)O[C@H](CCCC)C(F)(F)F)C4)cc2)s1. The van der Waals surface area contributed by atoms with E-state index in [-0.39, 0.29) is 6.42 Å². The molecule has 3 aromatic rings. The number of aryl methyl sites for hydroxylation is 2. The van der Waals surface area contributed by atoms with Gasteiger partial charge in [0.2, 0.25) is 0 Å². The van der Waals surface area contributed by atoms with Crippen molar-refractivity contribution in [1.82, 2.24) is 0 Å². The Morgan fingerprint density at radius 1 is 0.886 bits per heavy atom. The third-order valence-corrected chi connectivity index (χ3v) is 9.43. The van der Waals surface area contributed by atoms with Crippen molar-refractivity contribution in [2.75, 3.05) is 0 Å². The maximum Gasteiger partial charge on any atom is 0.425 e. The Labute approximate surface area is 263 Å². The molecule has 2 aromatic carbocycles. The monoisotopic (exact) mass is 628 g/mol. The van der Waals surface area contributed by atoms with E-state index in [0.717, 1.165) is 23.1 Å². The predicted molar refractivity (Wildman–Crippen MR) is 169 cm³/mol. The molecular weight excluding hydrogens is 585 g/mol. The summed E-state index contributed by atoms with van der Waals surface area (Å²) in [6.07, 6.45) is 4.04. The molecule has 0 bridgehead atoms. The van der Waals surface area contributed by atoms with E-state index < -0.39 is 30.1 Å². The van der Waals surface area contributed by atoms with Gasteiger partial charge in [0.15, 0.2) is 6.10 Å². The van der Waals surface area contributed by atoms with E-state index in [4.69, 9.17) is 9.47 Å². The molecule has 0 saturated heterocycles. The molecule has 238 valence electrons. The van der Waals surface area contributed by atoms with Crippen LogP contribution in [0.25, 0.3) is 10.4 Å². The fraction of sp³-hybridized carbons (Fsp3) is 0.500. The van der Waals surface area contributed by atoms with Gasteiger partial charge in [0, 0.05) is 9.75 Å². The zero-order valence-corrected chi connectivity index (χ0v) is 26.5. The van der Waals surface area contributed by atoms with Crippen LogP contribution in [0.1, 0.15) is 104 Å². The first kappa shape index (κ1) is 33.8. The lowest BCUT2D eigenvalue weighted by molar-refractivity contribution is -0.225. The number of carbonyl (C=O) groups excluding carboxylic acids is 2. The summed E-state index contributed by atoms with van der Waals surface area (Å²) in [5, 5.41) is 0. The van der Waals surface area contributed by atoms with Crippen LogP contribution in [0.5, 0.6) is 5.75 Å². The van der Waals surface area contributed by atoms with Crippen molar-refractivity contribution in [3.63, 3.8) is 0 Å². The van der Waals surface area contributed by atoms with E-state index in [1.807, 2.05) is 12.1 Å². The Hall–Kier alpha value is -3.13. The van der Waals surface area contributed by atoms with Crippen molar-refractivity contribution in [1.29, 1.82) is 0 Å². The molecule has 4 nitrogen and oxygen atoms in total. The highest BCUT2D eigenvalue weighted by atomic mass is 32.1. The van der Waals surface area contributed by atoms with E-state index in [2.05, 4.69) is 19.1 Å². The van der Waals surface area contributed by atoms with Gasteiger partial charge in [0.25, 0.3) is 0 Å². The molecule has 2 atom stereocenters. The number of alkyl halides is 3. The molecule has 1 aromatic heterocycles. The number of rotatable bonds is 15. The number of unbranched alkanes of at least 4 members (excludes halogenated alkanes) is 6. The summed E-state index contributed by atoms with van der Waals surface area (Å²) in [7, 11) is 0. The number of hydrogen-bond donors (Lipinski definition) is 0. The summed E-state index contributed by atoms with van der Waals surface area (Å²) in [6.45, 7) is 4.03. The third-order valence-electron chi connectivity index (χ3n) is 8.24. The third kappa shape index (κ3) is 9.68. The van der Waals surface area contributed by atoms with Gasteiger partial charge in [-0.15, -0.1) is 11.3 Å². The molecule has 8 heteroatoms. The van der Waals surface area contributed by atoms with Crippen LogP contribution in [0.3, 0.4) is 0 Å². The molecule has 1 unspecified atom stereocenters. The highest BCUT2D eigenvalue weighted by molar-refractivity contribution is 7.15. The van der Waals surface area contributed by atoms with E-state index in [0.29, 0.717) is 43.4 Å². The minimum atomic E-state index is -4.57. The Morgan fingerprint density at radius 2 is 1.61 bits per heavy atom. The van der Waals surface area contributed by atoms with E-state index in [1.165, 1.54) is 48.3 Å². The first-order valence-corrected chi connectivity index (χ1v) is 16.8. The largest absolute Gasteiger partial charge is 0.452 e. The Balaban J connectivity index is 1.29. The first-order valence-electron chi connectivity index (χ1n) is 16.0. The normalized spacial score (nSPS) is 15.4. The first-order chi connectivity index (χ1) is 21.2. The molecule has 0 radical (unpaired) electrons. The lowest BCUT2D eigenvalue weighted by atomic mass is 9.84. The Kier molecular flexibility index (Phi) is 12.5. The van der Waals surface area contributed by atoms with Crippen LogP contribution in [0, 0.1) is 5.92 Å². The second-order valence-corrected chi connectivity index (χ2v) is 12.9. The summed E-state index contributed by atoms with van der Waals surface area (Å²) >= 11 is 1.80. The summed E-state index contributed by atoms with van der Waals surface area (Å²) < 4.78 is 50.6. The number of halogens is 3. The molecule has 0 N–H and O–H groups in total. The number of ether oxygens (including phenoxy) is 2. The van der Waals surface area contributed by atoms with Gasteiger partial charge in [0.05, 0.1) is 11.5 Å². The highest BCUT2D eigenvalue weighted by Gasteiger charge is 2.43. The van der Waals surface area contributed by atoms with Crippen LogP contribution in [-0.4, -0.2) is 24.2 Å². The Bertz CT molecular complexity index is 1360. The van der Waals surface area contributed by atoms with Crippen LogP contribution < -0.4 is 4.74 Å². The van der Waals surface area contributed by atoms with Gasteiger partial charge in [-0.3, -0.25) is 4.79 Å². The second kappa shape index (κ2) is 16.3. The van der Waals surface area contributed by atoms with Crippen molar-refractivity contribution in [2.24, 2.45) is 5.92 Å². The molecule has 4 rings (SSSR count). The van der Waals surface area contributed by atoms with Gasteiger partial charge in [0.1, 0.15) is 5.75 Å². The van der Waals surface area contributed by atoms with Crippen LogP contribution in [0.4, 0.5) is 13.2 Å². The van der Waals surface area contributed by atoms with Gasteiger partial charge >= 0.3 is 18.1 Å². The molecular formula is C36H43F3O4S. The molecule has 0 fully saturated rings. The summed E-state index contributed by atoms with van der Waals surface area (Å²) in [4.78, 5) is 28.0. The average molecular weight is 629 g/mol. The predicted octanol–water partition coefficient (Wildman–Crippen LogP) is 10.3. The molecule has 0 saturated carbocycles. The minimum Gasteiger partial charge on any atom is -0.452 e. The number of thiophene rings is 1. The quantitative estimate of drug-likeness (QED) is 0.0955. The topological polar surface area (TPSA) is 52.6 Å². The Morgan fingerprint density at radius 3 is 2.34 bits per heavy atom. The van der Waals surface area contributed by atoms with Crippen molar-refractivity contribution < 1.29 is 32.2 Å². The molecule has 0 aliphatic heterocycles. The van der Waals surface area contributed by atoms with Gasteiger partial charge in [-0.25, -0.2) is 4.79 Å². The van der Waals surface area contributed by atoms with E-state index in [1.54, 1.807) is 48.6 Å². The number of benzene rings is 2. The maximum atomic E-state index is 13.3. The smallest absolute Gasteiger partial charge is 0.425 e. The standard InChI is InChI=1S/C36H43F3O4S/c1-3-5-7-8-9-10-11-31-21-22-32(44-31)25-13-15-26(16-14-25)34(40)42-30-20-19-27-23-29(18-17-28(27)24-30)35(41)43-33(12-6-4-2)36(37,38)39/h13-16,19-22,24,29,33H,3-12,17-18,23H2,1-2H3/t29?,33-/m1/s1. The van der Waals surface area contributed by atoms with Crippen molar-refractivity contribution in [2.45, 2.75) is 110 Å². The summed E-state index contributed by atoms with van der Waals surface area (Å²) in [5.74, 6) is -1.50. The number of esters is 2. The van der Waals surface area contributed by atoms with Crippen molar-refractivity contribution in [3.05, 3.63) is 76.2 Å². The van der Waals surface area contributed by atoms with E-state index in [9.17, 15) is 22.8 Å². The second-order valence-electron chi connectivity index (χ2n) is 11.7. The van der Waals surface area contributed by atoms with Crippen LogP contribution >= 0.6 is 11.3 Å². The van der Waals surface area contributed by atoms with Crippen molar-refractivity contribution in [3.8, 4) is 16.2 Å². The molecule has 0 spiro atoms. The fourth-order valence-electron chi connectivity index (χ4n) is 5.59. The molecule has 1 aliphatic carbocycles. The summed E-state index contributed by atoms with van der Waals surface area (Å²) in [6, 6.07) is 17.0. The average Bonchev–Trinajstić information content (AvgIpc) is 3.49. The fourth-order valence-corrected chi connectivity index (χ4v) is 6.65. The molecule has 1 aliphatic rings. The highest BCUT2D eigenvalue weighted by Crippen LogP contribution is 2.33. The van der Waals surface area contributed by atoms with Gasteiger partial charge in [-0.05, 0) is 98.0 Å². The maximum absolute atomic E-state index is 13.3. The number of carbonyl (C=O) groups is 2. The van der Waals surface area contributed by atoms with Crippen molar-refractivity contribution >= 4 is 23.3 Å². The zero-order valence-electron chi connectivity index (χ0n) is 25.7. The van der Waals surface area contributed by atoms with Crippen LogP contribution in [0.15, 0.2) is 54.6 Å². The number of fused-ring (bicyclic) bond motifs is 1.